The third-order valence-electron chi connectivity index (χ3n) is 11.4. The number of nitriles is 1. The normalized spacial score (nSPS) is 17.6. The van der Waals surface area contributed by atoms with Crippen molar-refractivity contribution in [3.8, 4) is 28.7 Å². The summed E-state index contributed by atoms with van der Waals surface area (Å²) < 4.78 is 12.2. The molecule has 3 N–H and O–H groups in total. The molecule has 0 aromatic heterocycles. The van der Waals surface area contributed by atoms with Crippen molar-refractivity contribution < 1.29 is 33.8 Å². The summed E-state index contributed by atoms with van der Waals surface area (Å²) in [6, 6.07) is 30.4. The quantitative estimate of drug-likeness (QED) is 0.120. The fourth-order valence-corrected chi connectivity index (χ4v) is 8.41. The Morgan fingerprint density at radius 2 is 1.57 bits per heavy atom. The van der Waals surface area contributed by atoms with Crippen LogP contribution in [0.15, 0.2) is 103 Å². The summed E-state index contributed by atoms with van der Waals surface area (Å²) >= 11 is 12.2. The van der Waals surface area contributed by atoms with Crippen LogP contribution >= 0.6 is 23.2 Å². The van der Waals surface area contributed by atoms with Crippen molar-refractivity contribution in [2.75, 3.05) is 5.32 Å². The molecule has 3 amide bonds. The molecule has 304 valence electrons. The molecule has 1 unspecified atom stereocenters. The highest BCUT2D eigenvalue weighted by Crippen LogP contribution is 2.41. The molecule has 8 rings (SSSR count). The van der Waals surface area contributed by atoms with Crippen LogP contribution in [0.25, 0.3) is 11.1 Å². The summed E-state index contributed by atoms with van der Waals surface area (Å²) in [4.78, 5) is 55.8. The number of benzene rings is 5. The number of carbonyl (C=O) groups is 4. The van der Waals surface area contributed by atoms with E-state index in [9.17, 15) is 24.3 Å². The highest BCUT2D eigenvalue weighted by molar-refractivity contribution is 6.42. The second kappa shape index (κ2) is 17.5. The Labute approximate surface area is 356 Å². The minimum Gasteiger partial charge on any atom is -0.489 e. The molecule has 3 atom stereocenters. The maximum Gasteiger partial charge on any atom is 0.326 e. The zero-order valence-electron chi connectivity index (χ0n) is 32.3. The Kier molecular flexibility index (Phi) is 11.8. The van der Waals surface area contributed by atoms with E-state index < -0.39 is 30.1 Å². The number of nitrogens with zero attached hydrogens (tertiary/aromatic N) is 2. The van der Waals surface area contributed by atoms with Gasteiger partial charge in [-0.15, -0.1) is 0 Å². The molecule has 1 fully saturated rings. The number of carboxylic acid groups (broad SMARTS) is 1. The average Bonchev–Trinajstić information content (AvgIpc) is 3.81. The van der Waals surface area contributed by atoms with Gasteiger partial charge in [-0.1, -0.05) is 90.6 Å². The van der Waals surface area contributed by atoms with Crippen molar-refractivity contribution in [3.05, 3.63) is 147 Å². The lowest BCUT2D eigenvalue weighted by molar-refractivity contribution is -0.147. The van der Waals surface area contributed by atoms with Gasteiger partial charge in [0.05, 0.1) is 27.4 Å². The minimum absolute atomic E-state index is 0.0289. The van der Waals surface area contributed by atoms with Crippen LogP contribution in [-0.4, -0.2) is 45.8 Å². The van der Waals surface area contributed by atoms with E-state index in [-0.39, 0.29) is 43.7 Å². The van der Waals surface area contributed by atoms with E-state index in [1.807, 2.05) is 48.5 Å². The van der Waals surface area contributed by atoms with E-state index in [1.54, 1.807) is 59.5 Å². The Balaban J connectivity index is 0.974. The van der Waals surface area contributed by atoms with E-state index in [2.05, 4.69) is 16.7 Å². The number of aliphatic carboxylic acids is 1. The zero-order valence-corrected chi connectivity index (χ0v) is 33.8. The topological polar surface area (TPSA) is 158 Å². The monoisotopic (exact) mass is 842 g/mol. The number of rotatable bonds is 11. The second-order valence-corrected chi connectivity index (χ2v) is 16.2. The first-order valence-corrected chi connectivity index (χ1v) is 20.5. The first kappa shape index (κ1) is 40.4. The first-order valence-electron chi connectivity index (χ1n) is 19.8. The molecule has 2 heterocycles. The largest absolute Gasteiger partial charge is 0.489 e. The molecule has 5 aromatic rings. The Hall–Kier alpha value is -6.35. The molecular formula is C47H40Cl2N4O7. The van der Waals surface area contributed by atoms with E-state index in [0.717, 1.165) is 53.5 Å². The third-order valence-corrected chi connectivity index (χ3v) is 12.1. The van der Waals surface area contributed by atoms with Gasteiger partial charge in [0.15, 0.2) is 0 Å². The van der Waals surface area contributed by atoms with Crippen LogP contribution in [0.4, 0.5) is 5.69 Å². The van der Waals surface area contributed by atoms with Crippen molar-refractivity contribution in [2.45, 2.75) is 69.9 Å². The number of hydrogen-bond donors (Lipinski definition) is 3. The molecular weight excluding hydrogens is 803 g/mol. The first-order chi connectivity index (χ1) is 29.0. The van der Waals surface area contributed by atoms with Gasteiger partial charge in [-0.2, -0.15) is 5.26 Å². The number of amides is 3. The van der Waals surface area contributed by atoms with Gasteiger partial charge in [-0.25, -0.2) is 4.79 Å². The highest BCUT2D eigenvalue weighted by atomic mass is 35.5. The van der Waals surface area contributed by atoms with Gasteiger partial charge in [0.1, 0.15) is 30.2 Å². The fraction of sp³-hybridized carbons (Fsp3) is 0.255. The number of nitrogens with one attached hydrogen (secondary N) is 2. The highest BCUT2D eigenvalue weighted by Gasteiger charge is 2.40. The fourth-order valence-electron chi connectivity index (χ4n) is 8.09. The van der Waals surface area contributed by atoms with Gasteiger partial charge in [-0.05, 0) is 94.8 Å². The SMILES string of the molecule is N#Cc1ccc(-c2ccc(CC(NC(=O)[C@@H]3Cc4cc5c(cc4CN3C(=O)C3CCCC3)O[C@@H](c3ccc(OCc4ccc(Cl)c(Cl)c4)cc3)C(=O)N5)C(=O)O)cc2)cc1. The third kappa shape index (κ3) is 8.81. The average molecular weight is 844 g/mol. The van der Waals surface area contributed by atoms with Crippen molar-refractivity contribution >= 4 is 52.6 Å². The van der Waals surface area contributed by atoms with Gasteiger partial charge in [0.25, 0.3) is 5.91 Å². The van der Waals surface area contributed by atoms with Gasteiger partial charge < -0.3 is 30.1 Å². The summed E-state index contributed by atoms with van der Waals surface area (Å²) in [5.74, 6) is -1.45. The molecule has 13 heteroatoms. The van der Waals surface area contributed by atoms with Crippen LogP contribution in [0.2, 0.25) is 10.0 Å². The van der Waals surface area contributed by atoms with E-state index in [0.29, 0.717) is 43.9 Å². The predicted octanol–water partition coefficient (Wildman–Crippen LogP) is 8.44. The number of anilines is 1. The Morgan fingerprint density at radius 3 is 2.23 bits per heavy atom. The molecule has 0 radical (unpaired) electrons. The van der Waals surface area contributed by atoms with E-state index in [4.69, 9.17) is 37.9 Å². The summed E-state index contributed by atoms with van der Waals surface area (Å²) in [7, 11) is 0. The lowest BCUT2D eigenvalue weighted by atomic mass is 9.90. The molecule has 1 saturated carbocycles. The number of fused-ring (bicyclic) bond motifs is 2. The zero-order chi connectivity index (χ0) is 41.9. The standard InChI is InChI=1S/C47H40Cl2N4O7/c48-37-18-9-29(19-38(37)49)26-59-36-16-14-32(15-17-36)43-45(55)51-39-21-34-22-41(53(25-35(34)23-42(39)60-43)46(56)33-3-1-2-4-33)44(54)52-40(47(57)58)20-27-5-10-30(11-6-27)31-12-7-28(24-50)8-13-31/h5-19,21,23,33,40-41,43H,1-4,20,22,25-26H2,(H,51,55)(H,52,54)(H,57,58)/t40?,41-,43-/m0/s1. The molecule has 3 aliphatic rings. The summed E-state index contributed by atoms with van der Waals surface area (Å²) in [6.45, 7) is 0.396. The molecule has 60 heavy (non-hydrogen) atoms. The van der Waals surface area contributed by atoms with Crippen LogP contribution in [0.3, 0.4) is 0 Å². The van der Waals surface area contributed by atoms with Gasteiger partial charge >= 0.3 is 5.97 Å². The molecule has 11 nitrogen and oxygen atoms in total. The lowest BCUT2D eigenvalue weighted by Crippen LogP contribution is -2.56. The summed E-state index contributed by atoms with van der Waals surface area (Å²) in [5.41, 5.74) is 6.51. The Bertz CT molecular complexity index is 2500. The molecule has 2 aliphatic heterocycles. The van der Waals surface area contributed by atoms with Crippen LogP contribution < -0.4 is 20.1 Å². The smallest absolute Gasteiger partial charge is 0.326 e. The number of carboxylic acids is 1. The van der Waals surface area contributed by atoms with Crippen molar-refractivity contribution in [2.24, 2.45) is 5.92 Å². The van der Waals surface area contributed by atoms with Gasteiger partial charge in [0.2, 0.25) is 17.9 Å². The minimum atomic E-state index is -1.25. The Morgan fingerprint density at radius 1 is 0.883 bits per heavy atom. The number of hydrogen-bond acceptors (Lipinski definition) is 7. The number of ether oxygens (including phenoxy) is 2. The maximum absolute atomic E-state index is 14.1. The van der Waals surface area contributed by atoms with Crippen molar-refractivity contribution in [1.82, 2.24) is 10.2 Å². The summed E-state index contributed by atoms with van der Waals surface area (Å²) in [5, 5.41) is 25.9. The van der Waals surface area contributed by atoms with Crippen LogP contribution in [0.5, 0.6) is 11.5 Å². The van der Waals surface area contributed by atoms with Crippen LogP contribution in [0, 0.1) is 17.2 Å². The van der Waals surface area contributed by atoms with E-state index in [1.165, 1.54) is 0 Å². The molecule has 1 aliphatic carbocycles. The molecule has 0 spiro atoms. The second-order valence-electron chi connectivity index (χ2n) is 15.4. The van der Waals surface area contributed by atoms with E-state index >= 15 is 0 Å². The van der Waals surface area contributed by atoms with Crippen molar-refractivity contribution in [1.29, 1.82) is 5.26 Å². The van der Waals surface area contributed by atoms with Gasteiger partial charge in [-0.3, -0.25) is 14.4 Å². The maximum atomic E-state index is 14.1. The molecule has 0 saturated heterocycles. The predicted molar refractivity (Wildman–Crippen MR) is 226 cm³/mol. The van der Waals surface area contributed by atoms with Crippen molar-refractivity contribution in [3.63, 3.8) is 0 Å². The van der Waals surface area contributed by atoms with Crippen LogP contribution in [0.1, 0.15) is 65.2 Å². The molecule has 5 aromatic carbocycles. The number of carbonyl (C=O) groups excluding carboxylic acids is 3. The number of halogens is 2. The van der Waals surface area contributed by atoms with Crippen LogP contribution in [-0.2, 0) is 45.2 Å². The molecule has 0 bridgehead atoms. The summed E-state index contributed by atoms with van der Waals surface area (Å²) in [6.07, 6.45) is 2.52. The lowest BCUT2D eigenvalue weighted by Gasteiger charge is -2.39. The van der Waals surface area contributed by atoms with Gasteiger partial charge in [0, 0.05) is 30.9 Å².